The molecule has 1 heterocycles. The number of carbonyl (C=O) groups excluding carboxylic acids is 1. The van der Waals surface area contributed by atoms with Crippen molar-refractivity contribution in [3.63, 3.8) is 0 Å². The number of hydrogen-bond acceptors (Lipinski definition) is 3. The molecular formula is C17H26N2O2. The van der Waals surface area contributed by atoms with E-state index in [1.807, 2.05) is 30.3 Å². The van der Waals surface area contributed by atoms with Crippen molar-refractivity contribution in [2.45, 2.75) is 57.2 Å². The Kier molecular flexibility index (Phi) is 5.37. The quantitative estimate of drug-likeness (QED) is 0.876. The van der Waals surface area contributed by atoms with Gasteiger partial charge in [-0.2, -0.15) is 0 Å². The number of rotatable bonds is 5. The number of carbonyl (C=O) groups is 1. The number of hydrogen-bond donors (Lipinski definition) is 2. The van der Waals surface area contributed by atoms with Crippen LogP contribution in [0.5, 0.6) is 0 Å². The smallest absolute Gasteiger partial charge is 0.241 e. The number of nitrogens with one attached hydrogen (secondary N) is 1. The Labute approximate surface area is 127 Å². The van der Waals surface area contributed by atoms with Crippen LogP contribution in [-0.2, 0) is 9.53 Å². The van der Waals surface area contributed by atoms with Crippen LogP contribution < -0.4 is 11.1 Å². The average molecular weight is 290 g/mol. The highest BCUT2D eigenvalue weighted by Crippen LogP contribution is 2.31. The molecule has 21 heavy (non-hydrogen) atoms. The van der Waals surface area contributed by atoms with Gasteiger partial charge in [0.05, 0.1) is 5.60 Å². The van der Waals surface area contributed by atoms with Crippen LogP contribution in [0.2, 0.25) is 0 Å². The van der Waals surface area contributed by atoms with Gasteiger partial charge in [0.1, 0.15) is 6.04 Å². The largest absolute Gasteiger partial charge is 0.375 e. The van der Waals surface area contributed by atoms with Crippen LogP contribution in [0.3, 0.4) is 0 Å². The van der Waals surface area contributed by atoms with Crippen LogP contribution in [-0.4, -0.2) is 24.2 Å². The number of ether oxygens (including phenoxy) is 1. The van der Waals surface area contributed by atoms with E-state index < -0.39 is 6.04 Å². The molecule has 4 heteroatoms. The Bertz CT molecular complexity index is 457. The third-order valence-corrected chi connectivity index (χ3v) is 4.57. The molecule has 0 radical (unpaired) electrons. The van der Waals surface area contributed by atoms with Crippen LogP contribution in [0, 0.1) is 0 Å². The fourth-order valence-electron chi connectivity index (χ4n) is 3.00. The van der Waals surface area contributed by atoms with Crippen molar-refractivity contribution in [1.82, 2.24) is 5.32 Å². The van der Waals surface area contributed by atoms with E-state index in [4.69, 9.17) is 10.5 Å². The molecule has 1 unspecified atom stereocenters. The maximum atomic E-state index is 12.3. The van der Waals surface area contributed by atoms with E-state index in [9.17, 15) is 4.79 Å². The minimum Gasteiger partial charge on any atom is -0.375 e. The van der Waals surface area contributed by atoms with Gasteiger partial charge in [0, 0.05) is 12.6 Å². The molecule has 1 aromatic rings. The Morgan fingerprint density at radius 1 is 1.38 bits per heavy atom. The first-order valence-electron chi connectivity index (χ1n) is 7.85. The maximum absolute atomic E-state index is 12.3. The van der Waals surface area contributed by atoms with Crippen molar-refractivity contribution in [3.05, 3.63) is 35.9 Å². The second kappa shape index (κ2) is 7.05. The summed E-state index contributed by atoms with van der Waals surface area (Å²) in [6.45, 7) is 4.99. The summed E-state index contributed by atoms with van der Waals surface area (Å²) in [5.41, 5.74) is 6.80. The number of nitrogens with two attached hydrogens (primary N) is 1. The highest BCUT2D eigenvalue weighted by atomic mass is 16.5. The van der Waals surface area contributed by atoms with Gasteiger partial charge >= 0.3 is 0 Å². The first-order valence-corrected chi connectivity index (χ1v) is 7.85. The first kappa shape index (κ1) is 16.0. The summed E-state index contributed by atoms with van der Waals surface area (Å²) in [6, 6.07) is 9.04. The highest BCUT2D eigenvalue weighted by Gasteiger charge is 2.35. The van der Waals surface area contributed by atoms with Crippen molar-refractivity contribution in [2.24, 2.45) is 5.73 Å². The van der Waals surface area contributed by atoms with E-state index in [0.717, 1.165) is 31.2 Å². The zero-order valence-corrected chi connectivity index (χ0v) is 13.0. The van der Waals surface area contributed by atoms with Gasteiger partial charge in [0.25, 0.3) is 0 Å². The summed E-state index contributed by atoms with van der Waals surface area (Å²) >= 11 is 0. The molecule has 0 spiro atoms. The van der Waals surface area contributed by atoms with Crippen LogP contribution >= 0.6 is 0 Å². The van der Waals surface area contributed by atoms with Gasteiger partial charge in [0.15, 0.2) is 0 Å². The van der Waals surface area contributed by atoms with Gasteiger partial charge in [-0.3, -0.25) is 4.79 Å². The fourth-order valence-corrected chi connectivity index (χ4v) is 3.00. The minimum absolute atomic E-state index is 0.0902. The molecule has 1 aliphatic heterocycles. The first-order chi connectivity index (χ1) is 10.1. The molecule has 116 valence electrons. The SMILES string of the molecule is CCC1(CC)CC(NC(=O)[C@H](N)c2ccccc2)CCO1. The predicted molar refractivity (Wildman–Crippen MR) is 83.8 cm³/mol. The fraction of sp³-hybridized carbons (Fsp3) is 0.588. The van der Waals surface area contributed by atoms with Crippen molar-refractivity contribution >= 4 is 5.91 Å². The van der Waals surface area contributed by atoms with E-state index in [1.165, 1.54) is 0 Å². The lowest BCUT2D eigenvalue weighted by Crippen LogP contribution is -2.49. The minimum atomic E-state index is -0.605. The predicted octanol–water partition coefficient (Wildman–Crippen LogP) is 2.54. The number of benzene rings is 1. The zero-order chi connectivity index (χ0) is 15.3. The molecule has 4 nitrogen and oxygen atoms in total. The Morgan fingerprint density at radius 2 is 2.05 bits per heavy atom. The van der Waals surface area contributed by atoms with Gasteiger partial charge in [0.2, 0.25) is 5.91 Å². The summed E-state index contributed by atoms with van der Waals surface area (Å²) in [4.78, 5) is 12.3. The molecule has 0 aromatic heterocycles. The number of amides is 1. The van der Waals surface area contributed by atoms with Gasteiger partial charge in [-0.1, -0.05) is 44.2 Å². The van der Waals surface area contributed by atoms with Gasteiger partial charge in [-0.25, -0.2) is 0 Å². The summed E-state index contributed by atoms with van der Waals surface area (Å²) in [7, 11) is 0. The van der Waals surface area contributed by atoms with Crippen molar-refractivity contribution < 1.29 is 9.53 Å². The summed E-state index contributed by atoms with van der Waals surface area (Å²) in [5, 5.41) is 3.10. The van der Waals surface area contributed by atoms with Crippen LogP contribution in [0.4, 0.5) is 0 Å². The summed E-state index contributed by atoms with van der Waals surface area (Å²) in [5.74, 6) is -0.103. The van der Waals surface area contributed by atoms with Gasteiger partial charge in [-0.15, -0.1) is 0 Å². The van der Waals surface area contributed by atoms with Crippen LogP contribution in [0.25, 0.3) is 0 Å². The Balaban J connectivity index is 1.96. The lowest BCUT2D eigenvalue weighted by Gasteiger charge is -2.40. The van der Waals surface area contributed by atoms with Crippen molar-refractivity contribution in [3.8, 4) is 0 Å². The molecular weight excluding hydrogens is 264 g/mol. The molecule has 0 saturated carbocycles. The van der Waals surface area contributed by atoms with E-state index in [2.05, 4.69) is 19.2 Å². The van der Waals surface area contributed by atoms with Crippen molar-refractivity contribution in [1.29, 1.82) is 0 Å². The normalized spacial score (nSPS) is 22.5. The summed E-state index contributed by atoms with van der Waals surface area (Å²) in [6.07, 6.45) is 3.67. The van der Waals surface area contributed by atoms with E-state index in [0.29, 0.717) is 6.61 Å². The third-order valence-electron chi connectivity index (χ3n) is 4.57. The topological polar surface area (TPSA) is 64.4 Å². The second-order valence-corrected chi connectivity index (χ2v) is 5.83. The van der Waals surface area contributed by atoms with Crippen LogP contribution in [0.1, 0.15) is 51.1 Å². The second-order valence-electron chi connectivity index (χ2n) is 5.83. The lowest BCUT2D eigenvalue weighted by atomic mass is 9.86. The Hall–Kier alpha value is -1.39. The van der Waals surface area contributed by atoms with Gasteiger partial charge in [-0.05, 0) is 31.2 Å². The van der Waals surface area contributed by atoms with E-state index >= 15 is 0 Å². The lowest BCUT2D eigenvalue weighted by molar-refractivity contribution is -0.127. The third kappa shape index (κ3) is 3.83. The highest BCUT2D eigenvalue weighted by molar-refractivity contribution is 5.83. The molecule has 1 aliphatic rings. The molecule has 1 aromatic carbocycles. The molecule has 1 fully saturated rings. The molecule has 2 rings (SSSR count). The molecule has 0 bridgehead atoms. The van der Waals surface area contributed by atoms with Crippen molar-refractivity contribution in [2.75, 3.05) is 6.61 Å². The standard InChI is InChI=1S/C17H26N2O2/c1-3-17(4-2)12-14(10-11-21-17)19-16(20)15(18)13-8-6-5-7-9-13/h5-9,14-15H,3-4,10-12,18H2,1-2H3,(H,19,20)/t14?,15-/m1/s1. The maximum Gasteiger partial charge on any atom is 0.241 e. The summed E-state index contributed by atoms with van der Waals surface area (Å²) < 4.78 is 5.94. The molecule has 2 atom stereocenters. The Morgan fingerprint density at radius 3 is 2.67 bits per heavy atom. The van der Waals surface area contributed by atoms with Crippen LogP contribution in [0.15, 0.2) is 30.3 Å². The van der Waals surface area contributed by atoms with E-state index in [-0.39, 0.29) is 17.6 Å². The zero-order valence-electron chi connectivity index (χ0n) is 13.0. The molecule has 0 aliphatic carbocycles. The van der Waals surface area contributed by atoms with E-state index in [1.54, 1.807) is 0 Å². The molecule has 1 amide bonds. The molecule has 1 saturated heterocycles. The monoisotopic (exact) mass is 290 g/mol. The van der Waals surface area contributed by atoms with Gasteiger partial charge < -0.3 is 15.8 Å². The molecule has 3 N–H and O–H groups in total. The average Bonchev–Trinajstić information content (AvgIpc) is 2.55.